The second kappa shape index (κ2) is 7.78. The first-order valence-corrected chi connectivity index (χ1v) is 8.14. The Labute approximate surface area is 135 Å². The monoisotopic (exact) mass is 349 g/mol. The van der Waals surface area contributed by atoms with Crippen molar-refractivity contribution in [2.24, 2.45) is 5.92 Å². The summed E-state index contributed by atoms with van der Waals surface area (Å²) >= 11 is 1.39. The van der Waals surface area contributed by atoms with E-state index in [4.69, 9.17) is 0 Å². The molecule has 0 radical (unpaired) electrons. The molecule has 1 aromatic rings. The molecule has 0 bridgehead atoms. The van der Waals surface area contributed by atoms with E-state index < -0.39 is 12.7 Å². The highest BCUT2D eigenvalue weighted by atomic mass is 32.1. The lowest BCUT2D eigenvalue weighted by molar-refractivity contribution is -0.143. The van der Waals surface area contributed by atoms with Crippen LogP contribution >= 0.6 is 11.3 Å². The summed E-state index contributed by atoms with van der Waals surface area (Å²) < 4.78 is 36.9. The standard InChI is InChI=1S/C14H18F3N3O2S/c15-14(16,17)9-20-3-1-10(7-20)5-18-12(21)6-19-13(22)11-2-4-23-8-11/h2,4,8,10H,1,3,5-7,9H2,(H,18,21)(H,19,22). The predicted octanol–water partition coefficient (Wildman–Crippen LogP) is 1.48. The van der Waals surface area contributed by atoms with Crippen molar-refractivity contribution in [2.75, 3.05) is 32.7 Å². The van der Waals surface area contributed by atoms with E-state index in [1.807, 2.05) is 0 Å². The second-order valence-corrected chi connectivity index (χ2v) is 6.28. The highest BCUT2D eigenvalue weighted by Crippen LogP contribution is 2.22. The van der Waals surface area contributed by atoms with Crippen molar-refractivity contribution in [3.8, 4) is 0 Å². The van der Waals surface area contributed by atoms with Crippen molar-refractivity contribution >= 4 is 23.2 Å². The van der Waals surface area contributed by atoms with E-state index in [0.29, 0.717) is 31.6 Å². The Morgan fingerprint density at radius 2 is 2.13 bits per heavy atom. The van der Waals surface area contributed by atoms with Gasteiger partial charge in [0.1, 0.15) is 0 Å². The van der Waals surface area contributed by atoms with Crippen LogP contribution in [0.1, 0.15) is 16.8 Å². The van der Waals surface area contributed by atoms with Gasteiger partial charge in [0.05, 0.1) is 13.1 Å². The summed E-state index contributed by atoms with van der Waals surface area (Å²) in [4.78, 5) is 24.7. The van der Waals surface area contributed by atoms with Crippen LogP contribution < -0.4 is 10.6 Å². The summed E-state index contributed by atoms with van der Waals surface area (Å²) in [5.74, 6) is -0.657. The van der Waals surface area contributed by atoms with E-state index in [1.54, 1.807) is 16.8 Å². The van der Waals surface area contributed by atoms with Crippen LogP contribution in [0.5, 0.6) is 0 Å². The zero-order chi connectivity index (χ0) is 16.9. The summed E-state index contributed by atoms with van der Waals surface area (Å²) in [5.41, 5.74) is 0.501. The Balaban J connectivity index is 1.62. The van der Waals surface area contributed by atoms with Gasteiger partial charge in [-0.2, -0.15) is 24.5 Å². The number of carbonyl (C=O) groups is 2. The first kappa shape index (κ1) is 17.7. The number of amides is 2. The van der Waals surface area contributed by atoms with Gasteiger partial charge in [0.25, 0.3) is 5.91 Å². The van der Waals surface area contributed by atoms with Gasteiger partial charge in [-0.3, -0.25) is 14.5 Å². The highest BCUT2D eigenvalue weighted by molar-refractivity contribution is 7.08. The van der Waals surface area contributed by atoms with Crippen molar-refractivity contribution in [1.29, 1.82) is 0 Å². The number of rotatable bonds is 6. The van der Waals surface area contributed by atoms with E-state index in [9.17, 15) is 22.8 Å². The average Bonchev–Trinajstić information content (AvgIpc) is 3.12. The highest BCUT2D eigenvalue weighted by Gasteiger charge is 2.34. The number of hydrogen-bond donors (Lipinski definition) is 2. The number of thiophene rings is 1. The van der Waals surface area contributed by atoms with Gasteiger partial charge in [0, 0.05) is 24.0 Å². The maximum Gasteiger partial charge on any atom is 0.401 e. The summed E-state index contributed by atoms with van der Waals surface area (Å²) in [7, 11) is 0. The summed E-state index contributed by atoms with van der Waals surface area (Å²) in [5, 5.41) is 8.59. The third-order valence-corrected chi connectivity index (χ3v) is 4.24. The molecule has 2 N–H and O–H groups in total. The lowest BCUT2D eigenvalue weighted by Gasteiger charge is -2.18. The number of nitrogens with zero attached hydrogens (tertiary/aromatic N) is 1. The fourth-order valence-corrected chi connectivity index (χ4v) is 3.09. The van der Waals surface area contributed by atoms with Gasteiger partial charge >= 0.3 is 6.18 Å². The van der Waals surface area contributed by atoms with Gasteiger partial charge in [0.2, 0.25) is 5.91 Å². The van der Waals surface area contributed by atoms with Gasteiger partial charge in [-0.15, -0.1) is 0 Å². The zero-order valence-corrected chi connectivity index (χ0v) is 13.2. The molecule has 1 aliphatic rings. The van der Waals surface area contributed by atoms with E-state index in [1.165, 1.54) is 16.2 Å². The SMILES string of the molecule is O=C(CNC(=O)c1ccsc1)NCC1CCN(CC(F)(F)F)C1. The molecular weight excluding hydrogens is 331 g/mol. The summed E-state index contributed by atoms with van der Waals surface area (Å²) in [6.45, 7) is -0.0285. The predicted molar refractivity (Wildman–Crippen MR) is 80.3 cm³/mol. The van der Waals surface area contributed by atoms with Crippen LogP contribution in [0.4, 0.5) is 13.2 Å². The fraction of sp³-hybridized carbons (Fsp3) is 0.571. The van der Waals surface area contributed by atoms with Crippen molar-refractivity contribution in [3.63, 3.8) is 0 Å². The molecule has 2 heterocycles. The van der Waals surface area contributed by atoms with Crippen LogP contribution in [0.2, 0.25) is 0 Å². The van der Waals surface area contributed by atoms with Crippen LogP contribution in [0.3, 0.4) is 0 Å². The largest absolute Gasteiger partial charge is 0.401 e. The molecule has 2 rings (SSSR count). The Morgan fingerprint density at radius 1 is 1.35 bits per heavy atom. The molecule has 23 heavy (non-hydrogen) atoms. The first-order valence-electron chi connectivity index (χ1n) is 7.19. The van der Waals surface area contributed by atoms with Crippen molar-refractivity contribution in [2.45, 2.75) is 12.6 Å². The van der Waals surface area contributed by atoms with E-state index >= 15 is 0 Å². The molecule has 1 atom stereocenters. The second-order valence-electron chi connectivity index (χ2n) is 5.50. The normalized spacial score (nSPS) is 18.8. The number of halogens is 3. The Hall–Kier alpha value is -1.61. The van der Waals surface area contributed by atoms with E-state index in [0.717, 1.165) is 0 Å². The molecule has 1 saturated heterocycles. The molecule has 0 saturated carbocycles. The fourth-order valence-electron chi connectivity index (χ4n) is 2.45. The third-order valence-electron chi connectivity index (χ3n) is 3.55. The zero-order valence-electron chi connectivity index (χ0n) is 12.4. The van der Waals surface area contributed by atoms with Crippen LogP contribution in [0, 0.1) is 5.92 Å². The number of likely N-dealkylation sites (tertiary alicyclic amines) is 1. The van der Waals surface area contributed by atoms with Crippen molar-refractivity contribution in [3.05, 3.63) is 22.4 Å². The van der Waals surface area contributed by atoms with Gasteiger partial charge in [0.15, 0.2) is 0 Å². The molecule has 5 nitrogen and oxygen atoms in total. The summed E-state index contributed by atoms with van der Waals surface area (Å²) in [6, 6.07) is 1.66. The minimum absolute atomic E-state index is 0.00822. The molecule has 0 aliphatic carbocycles. The quantitative estimate of drug-likeness (QED) is 0.818. The lowest BCUT2D eigenvalue weighted by Crippen LogP contribution is -2.39. The van der Waals surface area contributed by atoms with Gasteiger partial charge in [-0.05, 0) is 30.3 Å². The smallest absolute Gasteiger partial charge is 0.354 e. The molecule has 1 aliphatic heterocycles. The number of alkyl halides is 3. The van der Waals surface area contributed by atoms with E-state index in [2.05, 4.69) is 10.6 Å². The average molecular weight is 349 g/mol. The Bertz CT molecular complexity index is 534. The van der Waals surface area contributed by atoms with Gasteiger partial charge in [-0.25, -0.2) is 0 Å². The molecule has 1 fully saturated rings. The molecule has 128 valence electrons. The molecule has 2 amide bonds. The number of hydrogen-bond acceptors (Lipinski definition) is 4. The summed E-state index contributed by atoms with van der Waals surface area (Å²) in [6.07, 6.45) is -3.57. The Morgan fingerprint density at radius 3 is 2.78 bits per heavy atom. The maximum atomic E-state index is 12.3. The van der Waals surface area contributed by atoms with Gasteiger partial charge < -0.3 is 10.6 Å². The molecule has 1 unspecified atom stereocenters. The molecule has 0 spiro atoms. The van der Waals surface area contributed by atoms with Gasteiger partial charge in [-0.1, -0.05) is 0 Å². The lowest BCUT2D eigenvalue weighted by atomic mass is 10.1. The van der Waals surface area contributed by atoms with Crippen LogP contribution in [-0.4, -0.2) is 55.6 Å². The van der Waals surface area contributed by atoms with Crippen molar-refractivity contribution < 1.29 is 22.8 Å². The third kappa shape index (κ3) is 6.19. The van der Waals surface area contributed by atoms with Crippen LogP contribution in [0.15, 0.2) is 16.8 Å². The number of nitrogens with one attached hydrogen (secondary N) is 2. The minimum atomic E-state index is -4.19. The topological polar surface area (TPSA) is 61.4 Å². The molecule has 0 aromatic carbocycles. The first-order chi connectivity index (χ1) is 10.8. The molecule has 1 aromatic heterocycles. The minimum Gasteiger partial charge on any atom is -0.354 e. The number of carbonyl (C=O) groups excluding carboxylic acids is 2. The molecular formula is C14H18F3N3O2S. The van der Waals surface area contributed by atoms with Crippen LogP contribution in [-0.2, 0) is 4.79 Å². The maximum absolute atomic E-state index is 12.3. The van der Waals surface area contributed by atoms with E-state index in [-0.39, 0.29) is 24.3 Å². The van der Waals surface area contributed by atoms with Crippen molar-refractivity contribution in [1.82, 2.24) is 15.5 Å². The Kier molecular flexibility index (Phi) is 6.00. The van der Waals surface area contributed by atoms with Crippen LogP contribution in [0.25, 0.3) is 0 Å². The molecule has 9 heteroatoms.